The summed E-state index contributed by atoms with van der Waals surface area (Å²) in [5, 5.41) is 8.76. The van der Waals surface area contributed by atoms with Crippen molar-refractivity contribution in [3.8, 4) is 6.07 Å². The van der Waals surface area contributed by atoms with Gasteiger partial charge < -0.3 is 4.90 Å². The molecule has 0 atom stereocenters. The lowest BCUT2D eigenvalue weighted by Gasteiger charge is -2.26. The van der Waals surface area contributed by atoms with Gasteiger partial charge in [0, 0.05) is 18.7 Å². The first kappa shape index (κ1) is 15.0. The number of carbonyl (C=O) groups is 1. The predicted octanol–water partition coefficient (Wildman–Crippen LogP) is 3.26. The highest BCUT2D eigenvalue weighted by atomic mass is 16.2. The fourth-order valence-electron chi connectivity index (χ4n) is 1.73. The molecule has 0 saturated carbocycles. The van der Waals surface area contributed by atoms with Crippen LogP contribution in [0.25, 0.3) is 0 Å². The van der Waals surface area contributed by atoms with Crippen molar-refractivity contribution in [2.24, 2.45) is 0 Å². The molecule has 0 radical (unpaired) electrons. The SMILES string of the molecule is CC(C)=CC(=O)N(Cc1ccc(C#N)cc1)C(C)C. The van der Waals surface area contributed by atoms with Crippen molar-refractivity contribution in [3.63, 3.8) is 0 Å². The van der Waals surface area contributed by atoms with Crippen molar-refractivity contribution >= 4 is 5.91 Å². The summed E-state index contributed by atoms with van der Waals surface area (Å²) in [4.78, 5) is 13.9. The smallest absolute Gasteiger partial charge is 0.247 e. The largest absolute Gasteiger partial charge is 0.332 e. The van der Waals surface area contributed by atoms with Crippen LogP contribution in [0.2, 0.25) is 0 Å². The summed E-state index contributed by atoms with van der Waals surface area (Å²) in [6.45, 7) is 8.39. The quantitative estimate of drug-likeness (QED) is 0.776. The number of hydrogen-bond donors (Lipinski definition) is 0. The van der Waals surface area contributed by atoms with Crippen LogP contribution in [0.4, 0.5) is 0 Å². The Bertz CT molecular complexity index is 503. The molecule has 19 heavy (non-hydrogen) atoms. The van der Waals surface area contributed by atoms with Gasteiger partial charge in [0.1, 0.15) is 0 Å². The number of nitriles is 1. The number of benzene rings is 1. The van der Waals surface area contributed by atoms with Crippen molar-refractivity contribution in [1.29, 1.82) is 5.26 Å². The van der Waals surface area contributed by atoms with Gasteiger partial charge in [0.2, 0.25) is 5.91 Å². The second-order valence-corrected chi connectivity index (χ2v) is 5.09. The van der Waals surface area contributed by atoms with E-state index in [9.17, 15) is 4.79 Å². The van der Waals surface area contributed by atoms with Gasteiger partial charge in [0.05, 0.1) is 11.6 Å². The molecule has 0 heterocycles. The van der Waals surface area contributed by atoms with Gasteiger partial charge >= 0.3 is 0 Å². The number of nitrogens with zero attached hydrogens (tertiary/aromatic N) is 2. The van der Waals surface area contributed by atoms with E-state index in [1.165, 1.54) is 0 Å². The van der Waals surface area contributed by atoms with E-state index < -0.39 is 0 Å². The summed E-state index contributed by atoms with van der Waals surface area (Å²) in [5.41, 5.74) is 2.66. The normalized spacial score (nSPS) is 9.89. The molecule has 1 aromatic rings. The van der Waals surface area contributed by atoms with E-state index in [0.29, 0.717) is 12.1 Å². The van der Waals surface area contributed by atoms with E-state index in [1.54, 1.807) is 18.2 Å². The summed E-state index contributed by atoms with van der Waals surface area (Å²) in [6.07, 6.45) is 1.66. The van der Waals surface area contributed by atoms with Crippen molar-refractivity contribution in [2.45, 2.75) is 40.3 Å². The van der Waals surface area contributed by atoms with Crippen molar-refractivity contribution in [3.05, 3.63) is 47.0 Å². The molecule has 3 heteroatoms. The van der Waals surface area contributed by atoms with Gasteiger partial charge in [-0.25, -0.2) is 0 Å². The van der Waals surface area contributed by atoms with Crippen LogP contribution in [0.15, 0.2) is 35.9 Å². The zero-order valence-electron chi connectivity index (χ0n) is 12.0. The Balaban J connectivity index is 2.87. The molecule has 0 spiro atoms. The van der Waals surface area contributed by atoms with Gasteiger partial charge in [-0.1, -0.05) is 17.7 Å². The zero-order valence-corrected chi connectivity index (χ0v) is 12.0. The molecule has 1 aromatic carbocycles. The van der Waals surface area contributed by atoms with Crippen molar-refractivity contribution in [1.82, 2.24) is 4.90 Å². The molecule has 3 nitrogen and oxygen atoms in total. The van der Waals surface area contributed by atoms with E-state index in [0.717, 1.165) is 11.1 Å². The Morgan fingerprint density at radius 2 is 1.89 bits per heavy atom. The van der Waals surface area contributed by atoms with Gasteiger partial charge in [-0.15, -0.1) is 0 Å². The number of rotatable bonds is 4. The standard InChI is InChI=1S/C16H20N2O/c1-12(2)9-16(19)18(13(3)4)11-15-7-5-14(10-17)6-8-15/h5-9,13H,11H2,1-4H3. The van der Waals surface area contributed by atoms with Crippen LogP contribution in [0.5, 0.6) is 0 Å². The lowest BCUT2D eigenvalue weighted by atomic mass is 10.1. The van der Waals surface area contributed by atoms with Crippen LogP contribution in [0, 0.1) is 11.3 Å². The molecule has 1 rings (SSSR count). The highest BCUT2D eigenvalue weighted by Crippen LogP contribution is 2.11. The molecule has 0 aliphatic rings. The molecule has 0 aliphatic carbocycles. The number of carbonyl (C=O) groups excluding carboxylic acids is 1. The zero-order chi connectivity index (χ0) is 14.4. The van der Waals surface area contributed by atoms with E-state index >= 15 is 0 Å². The van der Waals surface area contributed by atoms with Crippen LogP contribution >= 0.6 is 0 Å². The fraction of sp³-hybridized carbons (Fsp3) is 0.375. The summed E-state index contributed by atoms with van der Waals surface area (Å²) in [5.74, 6) is 0.0272. The highest BCUT2D eigenvalue weighted by Gasteiger charge is 2.15. The summed E-state index contributed by atoms with van der Waals surface area (Å²) in [6, 6.07) is 9.57. The minimum atomic E-state index is 0.0272. The average Bonchev–Trinajstić information content (AvgIpc) is 2.35. The minimum Gasteiger partial charge on any atom is -0.332 e. The first-order valence-electron chi connectivity index (χ1n) is 6.38. The molecule has 0 N–H and O–H groups in total. The van der Waals surface area contributed by atoms with Crippen molar-refractivity contribution < 1.29 is 4.79 Å². The van der Waals surface area contributed by atoms with Crippen LogP contribution in [0.1, 0.15) is 38.8 Å². The molecule has 0 fully saturated rings. The Kier molecular flexibility index (Phi) is 5.32. The third-order valence-corrected chi connectivity index (χ3v) is 2.75. The third kappa shape index (κ3) is 4.59. The van der Waals surface area contributed by atoms with Gasteiger partial charge in [-0.2, -0.15) is 5.26 Å². The van der Waals surface area contributed by atoms with Crippen LogP contribution < -0.4 is 0 Å². The maximum Gasteiger partial charge on any atom is 0.247 e. The lowest BCUT2D eigenvalue weighted by Crippen LogP contribution is -2.35. The van der Waals surface area contributed by atoms with E-state index in [-0.39, 0.29) is 11.9 Å². The molecular formula is C16H20N2O. The molecule has 0 saturated heterocycles. The summed E-state index contributed by atoms with van der Waals surface area (Å²) >= 11 is 0. The Morgan fingerprint density at radius 3 is 2.32 bits per heavy atom. The third-order valence-electron chi connectivity index (χ3n) is 2.75. The minimum absolute atomic E-state index is 0.0272. The second kappa shape index (κ2) is 6.75. The van der Waals surface area contributed by atoms with Crippen LogP contribution in [-0.4, -0.2) is 16.8 Å². The monoisotopic (exact) mass is 256 g/mol. The maximum absolute atomic E-state index is 12.1. The second-order valence-electron chi connectivity index (χ2n) is 5.09. The molecule has 0 unspecified atom stereocenters. The van der Waals surface area contributed by atoms with Crippen LogP contribution in [-0.2, 0) is 11.3 Å². The molecule has 100 valence electrons. The Labute approximate surface area is 115 Å². The maximum atomic E-state index is 12.1. The first-order chi connectivity index (χ1) is 8.93. The fourth-order valence-corrected chi connectivity index (χ4v) is 1.73. The molecule has 0 aliphatic heterocycles. The van der Waals surface area contributed by atoms with Gasteiger partial charge in [-0.05, 0) is 45.4 Å². The molecule has 0 bridgehead atoms. The number of allylic oxidation sites excluding steroid dienone is 1. The van der Waals surface area contributed by atoms with Gasteiger partial charge in [0.15, 0.2) is 0 Å². The number of hydrogen-bond acceptors (Lipinski definition) is 2. The topological polar surface area (TPSA) is 44.1 Å². The average molecular weight is 256 g/mol. The molecule has 0 aromatic heterocycles. The Morgan fingerprint density at radius 1 is 1.32 bits per heavy atom. The highest BCUT2D eigenvalue weighted by molar-refractivity contribution is 5.88. The lowest BCUT2D eigenvalue weighted by molar-refractivity contribution is -0.128. The van der Waals surface area contributed by atoms with Crippen LogP contribution in [0.3, 0.4) is 0 Å². The van der Waals surface area contributed by atoms with E-state index in [4.69, 9.17) is 5.26 Å². The first-order valence-corrected chi connectivity index (χ1v) is 6.38. The van der Waals surface area contributed by atoms with Gasteiger partial charge in [0.25, 0.3) is 0 Å². The molecular weight excluding hydrogens is 236 g/mol. The predicted molar refractivity (Wildman–Crippen MR) is 76.3 cm³/mol. The van der Waals surface area contributed by atoms with Gasteiger partial charge in [-0.3, -0.25) is 4.79 Å². The summed E-state index contributed by atoms with van der Waals surface area (Å²) < 4.78 is 0. The van der Waals surface area contributed by atoms with E-state index in [1.807, 2.05) is 44.7 Å². The van der Waals surface area contributed by atoms with E-state index in [2.05, 4.69) is 6.07 Å². The summed E-state index contributed by atoms with van der Waals surface area (Å²) in [7, 11) is 0. The molecule has 1 amide bonds. The number of amides is 1. The van der Waals surface area contributed by atoms with Crippen molar-refractivity contribution in [2.75, 3.05) is 0 Å². The Hall–Kier alpha value is -2.08.